The van der Waals surface area contributed by atoms with Crippen LogP contribution in [0, 0.1) is 0 Å². The minimum Gasteiger partial charge on any atom is -0.494 e. The number of urea groups is 1. The number of carbonyl (C=O) groups excluding carboxylic acids is 2. The summed E-state index contributed by atoms with van der Waals surface area (Å²) in [7, 11) is 1.52. The van der Waals surface area contributed by atoms with E-state index in [1.165, 1.54) is 39.7 Å². The van der Waals surface area contributed by atoms with E-state index >= 15 is 0 Å². The van der Waals surface area contributed by atoms with Crippen molar-refractivity contribution in [2.24, 2.45) is 0 Å². The first kappa shape index (κ1) is 17.1. The molecule has 1 saturated carbocycles. The molecule has 23 heavy (non-hydrogen) atoms. The SMILES string of the molecule is COc1cc(NC(=O)NC2CCCCCC2)ccc1NC(C)=O. The van der Waals surface area contributed by atoms with E-state index in [-0.39, 0.29) is 18.0 Å². The second-order valence-electron chi connectivity index (χ2n) is 5.88. The van der Waals surface area contributed by atoms with Crippen LogP contribution in [-0.4, -0.2) is 25.1 Å². The average Bonchev–Trinajstić information content (AvgIpc) is 2.76. The molecule has 3 N–H and O–H groups in total. The molecular formula is C17H25N3O3. The van der Waals surface area contributed by atoms with E-state index in [9.17, 15) is 9.59 Å². The molecule has 6 nitrogen and oxygen atoms in total. The van der Waals surface area contributed by atoms with Gasteiger partial charge in [0.2, 0.25) is 5.91 Å². The van der Waals surface area contributed by atoms with Gasteiger partial charge in [-0.1, -0.05) is 25.7 Å². The van der Waals surface area contributed by atoms with Gasteiger partial charge in [0.25, 0.3) is 0 Å². The third kappa shape index (κ3) is 5.47. The number of hydrogen-bond donors (Lipinski definition) is 3. The van der Waals surface area contributed by atoms with E-state index in [1.807, 2.05) is 0 Å². The van der Waals surface area contributed by atoms with Gasteiger partial charge in [-0.25, -0.2) is 4.79 Å². The van der Waals surface area contributed by atoms with Gasteiger partial charge in [-0.3, -0.25) is 4.79 Å². The minimum absolute atomic E-state index is 0.171. The largest absolute Gasteiger partial charge is 0.494 e. The molecule has 126 valence electrons. The molecule has 0 spiro atoms. The Morgan fingerprint density at radius 1 is 1.09 bits per heavy atom. The van der Waals surface area contributed by atoms with Crippen LogP contribution in [-0.2, 0) is 4.79 Å². The summed E-state index contributed by atoms with van der Waals surface area (Å²) in [6.45, 7) is 1.44. The fraction of sp³-hybridized carbons (Fsp3) is 0.529. The maximum absolute atomic E-state index is 12.1. The van der Waals surface area contributed by atoms with E-state index < -0.39 is 0 Å². The predicted octanol–water partition coefficient (Wildman–Crippen LogP) is 3.50. The van der Waals surface area contributed by atoms with E-state index in [0.29, 0.717) is 17.1 Å². The number of amides is 3. The van der Waals surface area contributed by atoms with Crippen molar-refractivity contribution in [3.8, 4) is 5.75 Å². The van der Waals surface area contributed by atoms with Crippen molar-refractivity contribution in [1.82, 2.24) is 5.32 Å². The zero-order valence-electron chi connectivity index (χ0n) is 13.8. The zero-order valence-corrected chi connectivity index (χ0v) is 13.8. The third-order valence-electron chi connectivity index (χ3n) is 3.96. The van der Waals surface area contributed by atoms with Crippen LogP contribution >= 0.6 is 0 Å². The highest BCUT2D eigenvalue weighted by Crippen LogP contribution is 2.28. The number of methoxy groups -OCH3 is 1. The van der Waals surface area contributed by atoms with Gasteiger partial charge in [0, 0.05) is 24.7 Å². The molecule has 1 aliphatic carbocycles. The normalized spacial score (nSPS) is 15.4. The van der Waals surface area contributed by atoms with Crippen molar-refractivity contribution in [2.75, 3.05) is 17.7 Å². The fourth-order valence-corrected chi connectivity index (χ4v) is 2.84. The summed E-state index contributed by atoms with van der Waals surface area (Å²) < 4.78 is 5.25. The topological polar surface area (TPSA) is 79.5 Å². The monoisotopic (exact) mass is 319 g/mol. The average molecular weight is 319 g/mol. The maximum atomic E-state index is 12.1. The molecule has 0 aromatic heterocycles. The number of benzene rings is 1. The molecule has 0 unspecified atom stereocenters. The lowest BCUT2D eigenvalue weighted by Gasteiger charge is -2.17. The van der Waals surface area contributed by atoms with Crippen molar-refractivity contribution in [3.63, 3.8) is 0 Å². The lowest BCUT2D eigenvalue weighted by atomic mass is 10.1. The molecule has 0 radical (unpaired) electrons. The number of ether oxygens (including phenoxy) is 1. The Labute approximate surface area is 137 Å². The van der Waals surface area contributed by atoms with Crippen LogP contribution in [0.3, 0.4) is 0 Å². The van der Waals surface area contributed by atoms with E-state index in [0.717, 1.165) is 12.8 Å². The molecule has 0 heterocycles. The molecule has 1 aromatic carbocycles. The maximum Gasteiger partial charge on any atom is 0.319 e. The standard InChI is InChI=1S/C17H25N3O3/c1-12(21)18-15-10-9-14(11-16(15)23-2)20-17(22)19-13-7-5-3-4-6-8-13/h9-11,13H,3-8H2,1-2H3,(H,18,21)(H2,19,20,22). The Morgan fingerprint density at radius 3 is 2.39 bits per heavy atom. The highest BCUT2D eigenvalue weighted by Gasteiger charge is 2.15. The molecule has 0 saturated heterocycles. The molecule has 1 fully saturated rings. The predicted molar refractivity (Wildman–Crippen MR) is 90.9 cm³/mol. The van der Waals surface area contributed by atoms with E-state index in [1.54, 1.807) is 18.2 Å². The Kier molecular flexibility index (Phi) is 6.26. The molecule has 2 rings (SSSR count). The molecule has 1 aromatic rings. The highest BCUT2D eigenvalue weighted by atomic mass is 16.5. The summed E-state index contributed by atoms with van der Waals surface area (Å²) >= 11 is 0. The number of carbonyl (C=O) groups is 2. The summed E-state index contributed by atoms with van der Waals surface area (Å²) in [5.41, 5.74) is 1.21. The van der Waals surface area contributed by atoms with Crippen molar-refractivity contribution in [2.45, 2.75) is 51.5 Å². The zero-order chi connectivity index (χ0) is 16.7. The molecule has 1 aliphatic rings. The van der Waals surface area contributed by atoms with Crippen LogP contribution < -0.4 is 20.7 Å². The fourth-order valence-electron chi connectivity index (χ4n) is 2.84. The Hall–Kier alpha value is -2.24. The smallest absolute Gasteiger partial charge is 0.319 e. The van der Waals surface area contributed by atoms with Gasteiger partial charge in [-0.15, -0.1) is 0 Å². The molecule has 3 amide bonds. The highest BCUT2D eigenvalue weighted by molar-refractivity contribution is 5.93. The summed E-state index contributed by atoms with van der Waals surface area (Å²) in [5, 5.41) is 8.54. The minimum atomic E-state index is -0.203. The summed E-state index contributed by atoms with van der Waals surface area (Å²) in [6, 6.07) is 5.18. The molecule has 6 heteroatoms. The van der Waals surface area contributed by atoms with Crippen LogP contribution in [0.2, 0.25) is 0 Å². The first-order valence-corrected chi connectivity index (χ1v) is 8.11. The third-order valence-corrected chi connectivity index (χ3v) is 3.96. The van der Waals surface area contributed by atoms with Gasteiger partial charge in [0.05, 0.1) is 12.8 Å². The van der Waals surface area contributed by atoms with Crippen molar-refractivity contribution in [3.05, 3.63) is 18.2 Å². The van der Waals surface area contributed by atoms with Gasteiger partial charge in [-0.05, 0) is 25.0 Å². The van der Waals surface area contributed by atoms with Crippen LogP contribution in [0.15, 0.2) is 18.2 Å². The van der Waals surface area contributed by atoms with Crippen LogP contribution in [0.1, 0.15) is 45.4 Å². The Bertz CT molecular complexity index is 552. The summed E-state index contributed by atoms with van der Waals surface area (Å²) in [4.78, 5) is 23.3. The lowest BCUT2D eigenvalue weighted by molar-refractivity contribution is -0.114. The van der Waals surface area contributed by atoms with Crippen LogP contribution in [0.4, 0.5) is 16.2 Å². The van der Waals surface area contributed by atoms with Crippen LogP contribution in [0.25, 0.3) is 0 Å². The van der Waals surface area contributed by atoms with Crippen molar-refractivity contribution < 1.29 is 14.3 Å². The number of hydrogen-bond acceptors (Lipinski definition) is 3. The number of nitrogens with one attached hydrogen (secondary N) is 3. The van der Waals surface area contributed by atoms with Crippen molar-refractivity contribution >= 4 is 23.3 Å². The van der Waals surface area contributed by atoms with Crippen molar-refractivity contribution in [1.29, 1.82) is 0 Å². The van der Waals surface area contributed by atoms with Gasteiger partial charge in [0.1, 0.15) is 5.75 Å². The van der Waals surface area contributed by atoms with E-state index in [4.69, 9.17) is 4.74 Å². The van der Waals surface area contributed by atoms with Gasteiger partial charge >= 0.3 is 6.03 Å². The first-order chi connectivity index (χ1) is 11.1. The number of anilines is 2. The summed E-state index contributed by atoms with van der Waals surface area (Å²) in [6.07, 6.45) is 6.92. The molecule has 0 atom stereocenters. The quantitative estimate of drug-likeness (QED) is 0.743. The van der Waals surface area contributed by atoms with Gasteiger partial charge in [-0.2, -0.15) is 0 Å². The Morgan fingerprint density at radius 2 is 1.78 bits per heavy atom. The Balaban J connectivity index is 1.95. The molecular weight excluding hydrogens is 294 g/mol. The second-order valence-corrected chi connectivity index (χ2v) is 5.88. The molecule has 0 bridgehead atoms. The van der Waals surface area contributed by atoms with Gasteiger partial charge < -0.3 is 20.7 Å². The van der Waals surface area contributed by atoms with E-state index in [2.05, 4.69) is 16.0 Å². The second kappa shape index (κ2) is 8.41. The first-order valence-electron chi connectivity index (χ1n) is 8.11. The van der Waals surface area contributed by atoms with Crippen LogP contribution in [0.5, 0.6) is 5.75 Å². The lowest BCUT2D eigenvalue weighted by Crippen LogP contribution is -2.37. The number of rotatable bonds is 4. The summed E-state index contributed by atoms with van der Waals surface area (Å²) in [5.74, 6) is 0.336. The molecule has 0 aliphatic heterocycles. The van der Waals surface area contributed by atoms with Gasteiger partial charge in [0.15, 0.2) is 0 Å².